The molecule has 0 aliphatic carbocycles. The number of anilines is 2. The van der Waals surface area contributed by atoms with E-state index in [9.17, 15) is 4.39 Å². The molecule has 2 rings (SSSR count). The quantitative estimate of drug-likeness (QED) is 0.893. The minimum absolute atomic E-state index is 0.180. The molecule has 0 radical (unpaired) electrons. The van der Waals surface area contributed by atoms with Gasteiger partial charge < -0.3 is 15.0 Å². The molecule has 0 bridgehead atoms. The number of hydrogen-bond donors (Lipinski definition) is 1. The summed E-state index contributed by atoms with van der Waals surface area (Å²) in [7, 11) is 1.91. The van der Waals surface area contributed by atoms with Crippen LogP contribution in [0.3, 0.4) is 0 Å². The molecule has 1 saturated heterocycles. The highest BCUT2D eigenvalue weighted by Crippen LogP contribution is 2.25. The highest BCUT2D eigenvalue weighted by Gasteiger charge is 2.22. The lowest BCUT2D eigenvalue weighted by atomic mass is 10.0. The van der Waals surface area contributed by atoms with Crippen molar-refractivity contribution in [2.24, 2.45) is 5.92 Å². The molecule has 3 nitrogen and oxygen atoms in total. The monoisotopic (exact) mass is 280 g/mol. The minimum atomic E-state index is -0.180. The van der Waals surface area contributed by atoms with Gasteiger partial charge in [0, 0.05) is 37.3 Å². The number of hydrogen-bond acceptors (Lipinski definition) is 3. The number of benzene rings is 1. The van der Waals surface area contributed by atoms with Crippen LogP contribution in [-0.4, -0.2) is 32.3 Å². The van der Waals surface area contributed by atoms with Crippen molar-refractivity contribution in [3.05, 3.63) is 24.0 Å². The van der Waals surface area contributed by atoms with Crippen LogP contribution in [-0.2, 0) is 4.74 Å². The lowest BCUT2D eigenvalue weighted by Crippen LogP contribution is -2.27. The summed E-state index contributed by atoms with van der Waals surface area (Å²) in [5, 5.41) is 3.38. The molecule has 0 amide bonds. The van der Waals surface area contributed by atoms with Gasteiger partial charge in [-0.25, -0.2) is 4.39 Å². The zero-order chi connectivity index (χ0) is 14.7. The number of rotatable bonds is 5. The largest absolute Gasteiger partial charge is 0.382 e. The van der Waals surface area contributed by atoms with Gasteiger partial charge in [0.05, 0.1) is 12.3 Å². The van der Waals surface area contributed by atoms with E-state index < -0.39 is 0 Å². The summed E-state index contributed by atoms with van der Waals surface area (Å²) in [4.78, 5) is 1.94. The first-order chi connectivity index (χ1) is 9.49. The van der Waals surface area contributed by atoms with E-state index in [4.69, 9.17) is 4.74 Å². The van der Waals surface area contributed by atoms with Crippen molar-refractivity contribution >= 4 is 11.4 Å². The van der Waals surface area contributed by atoms with Crippen LogP contribution in [0.5, 0.6) is 0 Å². The predicted molar refractivity (Wildman–Crippen MR) is 81.9 cm³/mol. The van der Waals surface area contributed by atoms with Crippen LogP contribution >= 0.6 is 0 Å². The molecular weight excluding hydrogens is 255 g/mol. The summed E-state index contributed by atoms with van der Waals surface area (Å²) in [6.45, 7) is 7.86. The molecule has 1 fully saturated rings. The highest BCUT2D eigenvalue weighted by atomic mass is 19.1. The molecule has 2 atom stereocenters. The van der Waals surface area contributed by atoms with Crippen LogP contribution in [0, 0.1) is 11.7 Å². The van der Waals surface area contributed by atoms with Crippen molar-refractivity contribution in [1.29, 1.82) is 0 Å². The van der Waals surface area contributed by atoms with E-state index in [2.05, 4.69) is 12.2 Å². The lowest BCUT2D eigenvalue weighted by molar-refractivity contribution is 0.183. The van der Waals surface area contributed by atoms with E-state index in [-0.39, 0.29) is 11.9 Å². The SMILES string of the molecule is CC(Nc1ccc(N(C)C(C)C)c(F)c1)C1CCOC1. The average molecular weight is 280 g/mol. The Balaban J connectivity index is 2.04. The molecule has 0 aromatic heterocycles. The first-order valence-corrected chi connectivity index (χ1v) is 7.35. The molecule has 4 heteroatoms. The maximum Gasteiger partial charge on any atom is 0.148 e. The Morgan fingerprint density at radius 3 is 2.65 bits per heavy atom. The van der Waals surface area contributed by atoms with Gasteiger partial charge in [0.15, 0.2) is 0 Å². The van der Waals surface area contributed by atoms with E-state index in [0.717, 1.165) is 25.3 Å². The van der Waals surface area contributed by atoms with Crippen molar-refractivity contribution in [2.75, 3.05) is 30.5 Å². The van der Waals surface area contributed by atoms with Crippen LogP contribution in [0.1, 0.15) is 27.2 Å². The van der Waals surface area contributed by atoms with Crippen molar-refractivity contribution in [1.82, 2.24) is 0 Å². The Bertz CT molecular complexity index is 444. The number of ether oxygens (including phenoxy) is 1. The van der Waals surface area contributed by atoms with E-state index in [1.165, 1.54) is 0 Å². The Morgan fingerprint density at radius 2 is 2.10 bits per heavy atom. The normalized spacial score (nSPS) is 20.2. The zero-order valence-electron chi connectivity index (χ0n) is 12.8. The third-order valence-electron chi connectivity index (χ3n) is 4.17. The van der Waals surface area contributed by atoms with E-state index in [1.807, 2.05) is 37.9 Å². The average Bonchev–Trinajstić information content (AvgIpc) is 2.92. The number of nitrogens with zero attached hydrogens (tertiary/aromatic N) is 1. The van der Waals surface area contributed by atoms with Crippen LogP contribution < -0.4 is 10.2 Å². The lowest BCUT2D eigenvalue weighted by Gasteiger charge is -2.25. The fraction of sp³-hybridized carbons (Fsp3) is 0.625. The van der Waals surface area contributed by atoms with E-state index in [1.54, 1.807) is 6.07 Å². The third kappa shape index (κ3) is 3.42. The summed E-state index contributed by atoms with van der Waals surface area (Å²) in [6.07, 6.45) is 1.07. The summed E-state index contributed by atoms with van der Waals surface area (Å²) >= 11 is 0. The Kier molecular flexibility index (Phi) is 4.86. The summed E-state index contributed by atoms with van der Waals surface area (Å²) in [5.74, 6) is 0.331. The second kappa shape index (κ2) is 6.44. The highest BCUT2D eigenvalue weighted by molar-refractivity contribution is 5.56. The molecule has 0 saturated carbocycles. The number of nitrogens with one attached hydrogen (secondary N) is 1. The fourth-order valence-electron chi connectivity index (χ4n) is 2.49. The van der Waals surface area contributed by atoms with Gasteiger partial charge in [-0.2, -0.15) is 0 Å². The summed E-state index contributed by atoms with van der Waals surface area (Å²) in [6, 6.07) is 5.95. The fourth-order valence-corrected chi connectivity index (χ4v) is 2.49. The molecule has 1 heterocycles. The maximum absolute atomic E-state index is 14.2. The van der Waals surface area contributed by atoms with Crippen molar-refractivity contribution in [3.63, 3.8) is 0 Å². The topological polar surface area (TPSA) is 24.5 Å². The second-order valence-corrected chi connectivity index (χ2v) is 5.93. The van der Waals surface area contributed by atoms with Gasteiger partial charge >= 0.3 is 0 Å². The van der Waals surface area contributed by atoms with Gasteiger partial charge in [0.2, 0.25) is 0 Å². The van der Waals surface area contributed by atoms with Gasteiger partial charge in [-0.05, 0) is 45.4 Å². The van der Waals surface area contributed by atoms with Crippen molar-refractivity contribution < 1.29 is 9.13 Å². The molecule has 20 heavy (non-hydrogen) atoms. The molecule has 1 aromatic carbocycles. The van der Waals surface area contributed by atoms with Gasteiger partial charge in [0.25, 0.3) is 0 Å². The van der Waals surface area contributed by atoms with Gasteiger partial charge in [-0.15, -0.1) is 0 Å². The van der Waals surface area contributed by atoms with Crippen LogP contribution in [0.15, 0.2) is 18.2 Å². The van der Waals surface area contributed by atoms with E-state index in [0.29, 0.717) is 17.6 Å². The summed E-state index contributed by atoms with van der Waals surface area (Å²) < 4.78 is 19.6. The third-order valence-corrected chi connectivity index (χ3v) is 4.17. The zero-order valence-corrected chi connectivity index (χ0v) is 12.8. The van der Waals surface area contributed by atoms with Crippen molar-refractivity contribution in [2.45, 2.75) is 39.3 Å². The first kappa shape index (κ1) is 15.1. The molecule has 1 aromatic rings. The van der Waals surface area contributed by atoms with Gasteiger partial charge in [0.1, 0.15) is 5.82 Å². The van der Waals surface area contributed by atoms with Crippen LogP contribution in [0.2, 0.25) is 0 Å². The molecule has 112 valence electrons. The summed E-state index contributed by atoms with van der Waals surface area (Å²) in [5.41, 5.74) is 1.48. The van der Waals surface area contributed by atoms with Gasteiger partial charge in [-0.1, -0.05) is 0 Å². The number of halogens is 1. The molecular formula is C16H25FN2O. The Hall–Kier alpha value is -1.29. The van der Waals surface area contributed by atoms with Crippen LogP contribution in [0.25, 0.3) is 0 Å². The maximum atomic E-state index is 14.2. The van der Waals surface area contributed by atoms with Gasteiger partial charge in [-0.3, -0.25) is 0 Å². The molecule has 1 aliphatic rings. The molecule has 1 N–H and O–H groups in total. The molecule has 2 unspecified atom stereocenters. The smallest absolute Gasteiger partial charge is 0.148 e. The first-order valence-electron chi connectivity index (χ1n) is 7.35. The predicted octanol–water partition coefficient (Wildman–Crippen LogP) is 3.51. The Labute approximate surface area is 121 Å². The molecule has 0 spiro atoms. The molecule has 1 aliphatic heterocycles. The minimum Gasteiger partial charge on any atom is -0.382 e. The Morgan fingerprint density at radius 1 is 1.35 bits per heavy atom. The second-order valence-electron chi connectivity index (χ2n) is 5.93. The van der Waals surface area contributed by atoms with E-state index >= 15 is 0 Å². The van der Waals surface area contributed by atoms with Crippen molar-refractivity contribution in [3.8, 4) is 0 Å². The van der Waals surface area contributed by atoms with Crippen LogP contribution in [0.4, 0.5) is 15.8 Å². The standard InChI is InChI=1S/C16H25FN2O/c1-11(2)19(4)16-6-5-14(9-15(16)17)18-12(3)13-7-8-20-10-13/h5-6,9,11-13,18H,7-8,10H2,1-4H3.